The van der Waals surface area contributed by atoms with Crippen LogP contribution in [0.3, 0.4) is 0 Å². The molecule has 1 fully saturated rings. The van der Waals surface area contributed by atoms with Crippen LogP contribution >= 0.6 is 0 Å². The van der Waals surface area contributed by atoms with Crippen molar-refractivity contribution in [3.05, 3.63) is 42.0 Å². The third kappa shape index (κ3) is 1.67. The van der Waals surface area contributed by atoms with Gasteiger partial charge >= 0.3 is 0 Å². The van der Waals surface area contributed by atoms with E-state index in [4.69, 9.17) is 0 Å². The van der Waals surface area contributed by atoms with Crippen LogP contribution in [-0.2, 0) is 0 Å². The SMILES string of the molecule is C=C(c1ccccc1C)N1CCCC1. The maximum atomic E-state index is 4.19. The summed E-state index contributed by atoms with van der Waals surface area (Å²) in [6.45, 7) is 8.69. The van der Waals surface area contributed by atoms with Gasteiger partial charge in [-0.1, -0.05) is 30.8 Å². The van der Waals surface area contributed by atoms with Crippen molar-refractivity contribution in [3.63, 3.8) is 0 Å². The zero-order valence-electron chi connectivity index (χ0n) is 8.79. The Hall–Kier alpha value is -1.24. The number of aryl methyl sites for hydroxylation is 1. The summed E-state index contributed by atoms with van der Waals surface area (Å²) in [6, 6.07) is 8.48. The molecule has 1 aromatic carbocycles. The first-order valence-corrected chi connectivity index (χ1v) is 5.29. The molecular weight excluding hydrogens is 170 g/mol. The van der Waals surface area contributed by atoms with E-state index in [-0.39, 0.29) is 0 Å². The number of nitrogens with zero attached hydrogens (tertiary/aromatic N) is 1. The molecule has 0 spiro atoms. The lowest BCUT2D eigenvalue weighted by Crippen LogP contribution is -2.17. The molecule has 74 valence electrons. The molecular formula is C13H17N. The van der Waals surface area contributed by atoms with E-state index in [9.17, 15) is 0 Å². The molecule has 0 saturated carbocycles. The Bertz CT molecular complexity index is 335. The van der Waals surface area contributed by atoms with Gasteiger partial charge in [0.1, 0.15) is 0 Å². The van der Waals surface area contributed by atoms with E-state index in [1.165, 1.54) is 42.8 Å². The van der Waals surface area contributed by atoms with Gasteiger partial charge < -0.3 is 4.90 Å². The number of benzene rings is 1. The Morgan fingerprint density at radius 2 is 1.86 bits per heavy atom. The number of hydrogen-bond acceptors (Lipinski definition) is 1. The summed E-state index contributed by atoms with van der Waals surface area (Å²) in [7, 11) is 0. The van der Waals surface area contributed by atoms with Gasteiger partial charge in [0.05, 0.1) is 0 Å². The van der Waals surface area contributed by atoms with Crippen LogP contribution in [0.4, 0.5) is 0 Å². The summed E-state index contributed by atoms with van der Waals surface area (Å²) >= 11 is 0. The number of rotatable bonds is 2. The van der Waals surface area contributed by atoms with Gasteiger partial charge in [0.15, 0.2) is 0 Å². The van der Waals surface area contributed by atoms with Crippen molar-refractivity contribution in [2.75, 3.05) is 13.1 Å². The Labute approximate surface area is 86.1 Å². The highest BCUT2D eigenvalue weighted by Gasteiger charge is 2.15. The van der Waals surface area contributed by atoms with Crippen molar-refractivity contribution >= 4 is 5.70 Å². The van der Waals surface area contributed by atoms with Gasteiger partial charge in [-0.15, -0.1) is 0 Å². The summed E-state index contributed by atoms with van der Waals surface area (Å²) in [4.78, 5) is 2.39. The van der Waals surface area contributed by atoms with Crippen molar-refractivity contribution < 1.29 is 0 Å². The van der Waals surface area contributed by atoms with Gasteiger partial charge in [-0.2, -0.15) is 0 Å². The number of likely N-dealkylation sites (tertiary alicyclic amines) is 1. The standard InChI is InChI=1S/C13H17N/c1-11-7-3-4-8-13(11)12(2)14-9-5-6-10-14/h3-4,7-8H,2,5-6,9-10H2,1H3. The summed E-state index contributed by atoms with van der Waals surface area (Å²) in [5.41, 5.74) is 3.82. The minimum Gasteiger partial charge on any atom is -0.372 e. The first kappa shape index (κ1) is 9.32. The monoisotopic (exact) mass is 187 g/mol. The van der Waals surface area contributed by atoms with E-state index in [0.29, 0.717) is 0 Å². The molecule has 0 radical (unpaired) electrons. The lowest BCUT2D eigenvalue weighted by Gasteiger charge is -2.21. The second-order valence-corrected chi connectivity index (χ2v) is 3.96. The highest BCUT2D eigenvalue weighted by atomic mass is 15.1. The van der Waals surface area contributed by atoms with Crippen molar-refractivity contribution in [3.8, 4) is 0 Å². The summed E-state index contributed by atoms with van der Waals surface area (Å²) in [5.74, 6) is 0. The Morgan fingerprint density at radius 3 is 2.50 bits per heavy atom. The number of hydrogen-bond donors (Lipinski definition) is 0. The molecule has 1 heterocycles. The van der Waals surface area contributed by atoms with E-state index < -0.39 is 0 Å². The van der Waals surface area contributed by atoms with E-state index in [1.807, 2.05) is 0 Å². The molecule has 1 heteroatoms. The quantitative estimate of drug-likeness (QED) is 0.687. The lowest BCUT2D eigenvalue weighted by molar-refractivity contribution is 0.494. The zero-order valence-corrected chi connectivity index (χ0v) is 8.79. The van der Waals surface area contributed by atoms with E-state index in [1.54, 1.807) is 0 Å². The van der Waals surface area contributed by atoms with E-state index in [0.717, 1.165) is 0 Å². The third-order valence-corrected chi connectivity index (χ3v) is 2.94. The molecule has 1 aliphatic heterocycles. The van der Waals surface area contributed by atoms with Crippen LogP contribution in [0.2, 0.25) is 0 Å². The van der Waals surface area contributed by atoms with Crippen LogP contribution < -0.4 is 0 Å². The van der Waals surface area contributed by atoms with Gasteiger partial charge in [0, 0.05) is 24.4 Å². The fraction of sp³-hybridized carbons (Fsp3) is 0.385. The zero-order chi connectivity index (χ0) is 9.97. The normalized spacial score (nSPS) is 15.9. The molecule has 0 aromatic heterocycles. The van der Waals surface area contributed by atoms with Crippen LogP contribution in [0.1, 0.15) is 24.0 Å². The predicted octanol–water partition coefficient (Wildman–Crippen LogP) is 3.06. The van der Waals surface area contributed by atoms with Crippen LogP contribution in [0.25, 0.3) is 5.70 Å². The minimum absolute atomic E-state index is 1.17. The lowest BCUT2D eigenvalue weighted by atomic mass is 10.1. The Morgan fingerprint density at radius 1 is 1.21 bits per heavy atom. The fourth-order valence-electron chi connectivity index (χ4n) is 2.05. The maximum Gasteiger partial charge on any atom is 0.0369 e. The van der Waals surface area contributed by atoms with E-state index >= 15 is 0 Å². The van der Waals surface area contributed by atoms with Crippen LogP contribution in [0.5, 0.6) is 0 Å². The molecule has 0 amide bonds. The minimum atomic E-state index is 1.17. The molecule has 0 bridgehead atoms. The summed E-state index contributed by atoms with van der Waals surface area (Å²) < 4.78 is 0. The molecule has 0 N–H and O–H groups in total. The Kier molecular flexibility index (Phi) is 2.58. The van der Waals surface area contributed by atoms with Gasteiger partial charge in [0.25, 0.3) is 0 Å². The van der Waals surface area contributed by atoms with Gasteiger partial charge in [0.2, 0.25) is 0 Å². The van der Waals surface area contributed by atoms with Crippen molar-refractivity contribution in [1.29, 1.82) is 0 Å². The fourth-order valence-corrected chi connectivity index (χ4v) is 2.05. The van der Waals surface area contributed by atoms with Crippen molar-refractivity contribution in [1.82, 2.24) is 4.90 Å². The average Bonchev–Trinajstić information content (AvgIpc) is 2.70. The van der Waals surface area contributed by atoms with E-state index in [2.05, 4.69) is 42.7 Å². The summed E-state index contributed by atoms with van der Waals surface area (Å²) in [6.07, 6.45) is 2.62. The van der Waals surface area contributed by atoms with Crippen molar-refractivity contribution in [2.24, 2.45) is 0 Å². The predicted molar refractivity (Wildman–Crippen MR) is 61.0 cm³/mol. The smallest absolute Gasteiger partial charge is 0.0369 e. The highest BCUT2D eigenvalue weighted by Crippen LogP contribution is 2.24. The van der Waals surface area contributed by atoms with Gasteiger partial charge in [-0.3, -0.25) is 0 Å². The Balaban J connectivity index is 2.22. The van der Waals surface area contributed by atoms with Crippen molar-refractivity contribution in [2.45, 2.75) is 19.8 Å². The molecule has 0 aliphatic carbocycles. The van der Waals surface area contributed by atoms with Crippen LogP contribution in [0, 0.1) is 6.92 Å². The second kappa shape index (κ2) is 3.87. The maximum absolute atomic E-state index is 4.19. The molecule has 2 rings (SSSR count). The highest BCUT2D eigenvalue weighted by molar-refractivity contribution is 5.64. The average molecular weight is 187 g/mol. The molecule has 1 nitrogen and oxygen atoms in total. The first-order valence-electron chi connectivity index (χ1n) is 5.29. The molecule has 14 heavy (non-hydrogen) atoms. The second-order valence-electron chi connectivity index (χ2n) is 3.96. The summed E-state index contributed by atoms with van der Waals surface area (Å²) in [5, 5.41) is 0. The topological polar surface area (TPSA) is 3.24 Å². The van der Waals surface area contributed by atoms with Crippen LogP contribution in [-0.4, -0.2) is 18.0 Å². The van der Waals surface area contributed by atoms with Gasteiger partial charge in [-0.05, 0) is 25.3 Å². The van der Waals surface area contributed by atoms with Crippen LogP contribution in [0.15, 0.2) is 30.8 Å². The molecule has 1 aliphatic rings. The first-order chi connectivity index (χ1) is 6.79. The third-order valence-electron chi connectivity index (χ3n) is 2.94. The molecule has 1 saturated heterocycles. The molecule has 0 atom stereocenters. The van der Waals surface area contributed by atoms with Gasteiger partial charge in [-0.25, -0.2) is 0 Å². The molecule has 1 aromatic rings. The largest absolute Gasteiger partial charge is 0.372 e. The molecule has 0 unspecified atom stereocenters.